The van der Waals surface area contributed by atoms with E-state index in [-0.39, 0.29) is 12.4 Å². The zero-order valence-electron chi connectivity index (χ0n) is 15.2. The fourth-order valence-corrected chi connectivity index (χ4v) is 2.68. The van der Waals surface area contributed by atoms with Crippen LogP contribution in [0.4, 0.5) is 0 Å². The van der Waals surface area contributed by atoms with Gasteiger partial charge in [0, 0.05) is 6.42 Å². The first-order valence-electron chi connectivity index (χ1n) is 7.96. The Kier molecular flexibility index (Phi) is 8.95. The Morgan fingerprint density at radius 3 is 2.16 bits per heavy atom. The van der Waals surface area contributed by atoms with Crippen LogP contribution in [0.2, 0.25) is 0 Å². The van der Waals surface area contributed by atoms with Crippen LogP contribution in [0.3, 0.4) is 0 Å². The third kappa shape index (κ3) is 5.44. The Morgan fingerprint density at radius 1 is 0.800 bits per heavy atom. The molecule has 0 aromatic heterocycles. The lowest BCUT2D eigenvalue weighted by molar-refractivity contribution is -0.670. The molecule has 0 saturated carbocycles. The minimum Gasteiger partial charge on any atom is -1.00 e. The largest absolute Gasteiger partial charge is 1.00 e. The summed E-state index contributed by atoms with van der Waals surface area (Å²) in [5.74, 6) is 3.10. The molecule has 0 radical (unpaired) electrons. The van der Waals surface area contributed by atoms with Gasteiger partial charge in [-0.15, -0.1) is 0 Å². The Hall–Kier alpha value is -2.11. The molecule has 2 aromatic carbocycles. The maximum atomic E-state index is 5.46. The minimum atomic E-state index is 0. The molecule has 0 aliphatic heterocycles. The average Bonchev–Trinajstić information content (AvgIpc) is 2.64. The van der Waals surface area contributed by atoms with Crippen molar-refractivity contribution in [2.45, 2.75) is 13.0 Å². The second kappa shape index (κ2) is 10.7. The lowest BCUT2D eigenvalue weighted by Crippen LogP contribution is -3.00. The predicted octanol–water partition coefficient (Wildman–Crippen LogP) is -0.969. The second-order valence-electron chi connectivity index (χ2n) is 5.37. The number of methoxy groups -OCH3 is 4. The maximum absolute atomic E-state index is 5.46. The number of quaternary nitrogens is 1. The molecule has 25 heavy (non-hydrogen) atoms. The van der Waals surface area contributed by atoms with Crippen LogP contribution in [0.25, 0.3) is 0 Å². The van der Waals surface area contributed by atoms with Crippen molar-refractivity contribution in [3.8, 4) is 23.0 Å². The maximum Gasteiger partial charge on any atom is 0.169 e. The fraction of sp³-hybridized carbons (Fsp3) is 0.368. The molecule has 0 amide bonds. The number of hydrogen-bond donors (Lipinski definition) is 1. The van der Waals surface area contributed by atoms with Crippen molar-refractivity contribution in [2.75, 3.05) is 35.0 Å². The highest BCUT2D eigenvalue weighted by atomic mass is 35.5. The molecular formula is C19H26ClNO4. The molecule has 0 unspecified atom stereocenters. The van der Waals surface area contributed by atoms with Crippen LogP contribution >= 0.6 is 0 Å². The van der Waals surface area contributed by atoms with Gasteiger partial charge < -0.3 is 36.7 Å². The van der Waals surface area contributed by atoms with E-state index in [1.54, 1.807) is 28.4 Å². The smallest absolute Gasteiger partial charge is 0.169 e. The van der Waals surface area contributed by atoms with Crippen LogP contribution in [0.1, 0.15) is 11.1 Å². The summed E-state index contributed by atoms with van der Waals surface area (Å²) in [6, 6.07) is 12.0. The Labute approximate surface area is 155 Å². The van der Waals surface area contributed by atoms with Gasteiger partial charge in [-0.3, -0.25) is 0 Å². The first kappa shape index (κ1) is 20.9. The molecule has 0 aliphatic rings. The van der Waals surface area contributed by atoms with Gasteiger partial charge in [0.1, 0.15) is 6.54 Å². The topological polar surface area (TPSA) is 53.5 Å². The summed E-state index contributed by atoms with van der Waals surface area (Å²) in [6.45, 7) is 1.81. The Morgan fingerprint density at radius 2 is 1.52 bits per heavy atom. The SMILES string of the molecule is COc1ccc(CC[NH2+]Cc2cccc(OC)c2OC)cc1OC.[Cl-]. The summed E-state index contributed by atoms with van der Waals surface area (Å²) >= 11 is 0. The molecule has 0 aliphatic carbocycles. The van der Waals surface area contributed by atoms with Crippen LogP contribution in [-0.4, -0.2) is 35.0 Å². The number of para-hydroxylation sites is 1. The van der Waals surface area contributed by atoms with Gasteiger partial charge >= 0.3 is 0 Å². The minimum absolute atomic E-state index is 0. The molecule has 6 heteroatoms. The number of ether oxygens (including phenoxy) is 4. The zero-order chi connectivity index (χ0) is 17.4. The fourth-order valence-electron chi connectivity index (χ4n) is 2.68. The van der Waals surface area contributed by atoms with Crippen LogP contribution < -0.4 is 36.7 Å². The summed E-state index contributed by atoms with van der Waals surface area (Å²) in [4.78, 5) is 0. The summed E-state index contributed by atoms with van der Waals surface area (Å²) in [7, 11) is 6.63. The summed E-state index contributed by atoms with van der Waals surface area (Å²) in [5, 5.41) is 2.26. The summed E-state index contributed by atoms with van der Waals surface area (Å²) < 4.78 is 21.4. The molecule has 0 atom stereocenters. The van der Waals surface area contributed by atoms with Crippen molar-refractivity contribution in [3.05, 3.63) is 47.5 Å². The molecule has 0 fully saturated rings. The van der Waals surface area contributed by atoms with Crippen molar-refractivity contribution in [1.82, 2.24) is 0 Å². The quantitative estimate of drug-likeness (QED) is 0.580. The van der Waals surface area contributed by atoms with Gasteiger partial charge in [0.25, 0.3) is 0 Å². The first-order chi connectivity index (χ1) is 11.7. The number of benzene rings is 2. The first-order valence-corrected chi connectivity index (χ1v) is 7.96. The van der Waals surface area contributed by atoms with Gasteiger partial charge in [0.2, 0.25) is 0 Å². The number of rotatable bonds is 9. The van der Waals surface area contributed by atoms with Gasteiger partial charge in [-0.05, 0) is 29.8 Å². The summed E-state index contributed by atoms with van der Waals surface area (Å²) in [6.07, 6.45) is 0.951. The Bertz CT molecular complexity index is 664. The molecule has 0 heterocycles. The van der Waals surface area contributed by atoms with Gasteiger partial charge in [-0.25, -0.2) is 0 Å². The van der Waals surface area contributed by atoms with Gasteiger partial charge in [-0.2, -0.15) is 0 Å². The van der Waals surface area contributed by atoms with E-state index in [0.717, 1.165) is 48.1 Å². The number of hydrogen-bond acceptors (Lipinski definition) is 4. The molecule has 2 rings (SSSR count). The highest BCUT2D eigenvalue weighted by Gasteiger charge is 2.11. The molecule has 5 nitrogen and oxygen atoms in total. The van der Waals surface area contributed by atoms with Crippen LogP contribution in [0.15, 0.2) is 36.4 Å². The van der Waals surface area contributed by atoms with E-state index in [1.165, 1.54) is 5.56 Å². The van der Waals surface area contributed by atoms with E-state index < -0.39 is 0 Å². The van der Waals surface area contributed by atoms with E-state index in [9.17, 15) is 0 Å². The van der Waals surface area contributed by atoms with Crippen molar-refractivity contribution in [2.24, 2.45) is 0 Å². The second-order valence-corrected chi connectivity index (χ2v) is 5.37. The predicted molar refractivity (Wildman–Crippen MR) is 93.3 cm³/mol. The number of halogens is 1. The molecule has 0 bridgehead atoms. The highest BCUT2D eigenvalue weighted by molar-refractivity contribution is 5.46. The van der Waals surface area contributed by atoms with E-state index in [4.69, 9.17) is 18.9 Å². The van der Waals surface area contributed by atoms with E-state index in [1.807, 2.05) is 24.3 Å². The molecule has 138 valence electrons. The third-order valence-corrected chi connectivity index (χ3v) is 3.93. The van der Waals surface area contributed by atoms with Crippen molar-refractivity contribution >= 4 is 0 Å². The van der Waals surface area contributed by atoms with E-state index in [0.29, 0.717) is 0 Å². The summed E-state index contributed by atoms with van der Waals surface area (Å²) in [5.41, 5.74) is 2.35. The normalized spacial score (nSPS) is 9.92. The molecule has 2 aromatic rings. The number of nitrogens with two attached hydrogens (primary N) is 1. The van der Waals surface area contributed by atoms with Crippen LogP contribution in [0.5, 0.6) is 23.0 Å². The van der Waals surface area contributed by atoms with Gasteiger partial charge in [0.15, 0.2) is 23.0 Å². The van der Waals surface area contributed by atoms with Crippen molar-refractivity contribution in [1.29, 1.82) is 0 Å². The lowest BCUT2D eigenvalue weighted by atomic mass is 10.1. The Balaban J connectivity index is 0.00000312. The molecule has 2 N–H and O–H groups in total. The molecular weight excluding hydrogens is 342 g/mol. The van der Waals surface area contributed by atoms with Gasteiger partial charge in [0.05, 0.1) is 40.5 Å². The average molecular weight is 368 g/mol. The molecule has 0 spiro atoms. The van der Waals surface area contributed by atoms with Gasteiger partial charge in [-0.1, -0.05) is 12.1 Å². The van der Waals surface area contributed by atoms with Crippen LogP contribution in [0, 0.1) is 0 Å². The third-order valence-electron chi connectivity index (χ3n) is 3.93. The standard InChI is InChI=1S/C19H25NO4.ClH/c1-21-16-9-8-14(12-18(16)23-3)10-11-20-13-15-6-5-7-17(22-2)19(15)24-4;/h5-9,12,20H,10-11,13H2,1-4H3;1H. The lowest BCUT2D eigenvalue weighted by Gasteiger charge is -2.12. The van der Waals surface area contributed by atoms with Crippen molar-refractivity contribution in [3.63, 3.8) is 0 Å². The van der Waals surface area contributed by atoms with E-state index >= 15 is 0 Å². The molecule has 0 saturated heterocycles. The highest BCUT2D eigenvalue weighted by Crippen LogP contribution is 2.30. The zero-order valence-corrected chi connectivity index (χ0v) is 15.9. The van der Waals surface area contributed by atoms with E-state index in [2.05, 4.69) is 17.4 Å². The monoisotopic (exact) mass is 367 g/mol. The van der Waals surface area contributed by atoms with Crippen molar-refractivity contribution < 1.29 is 36.7 Å². The van der Waals surface area contributed by atoms with Crippen LogP contribution in [-0.2, 0) is 13.0 Å².